The van der Waals surface area contributed by atoms with Gasteiger partial charge in [-0.05, 0) is 24.5 Å². The van der Waals surface area contributed by atoms with Crippen molar-refractivity contribution in [1.29, 1.82) is 0 Å². The Balaban J connectivity index is 1.51. The van der Waals surface area contributed by atoms with Gasteiger partial charge in [0, 0.05) is 12.2 Å². The number of esters is 1. The molecular weight excluding hydrogens is 346 g/mol. The number of ether oxygens (including phenoxy) is 1. The molecule has 2 heterocycles. The van der Waals surface area contributed by atoms with E-state index in [1.165, 1.54) is 5.56 Å². The molecule has 0 saturated carbocycles. The SMILES string of the molecule is Cc1ccc(COC(=O)[C@H]2CS[C@]3(c4ccccc4)CCC(=O)N23)cc1. The minimum Gasteiger partial charge on any atom is -0.459 e. The van der Waals surface area contributed by atoms with E-state index in [2.05, 4.69) is 0 Å². The average molecular weight is 367 g/mol. The number of nitrogens with zero attached hydrogens (tertiary/aromatic N) is 1. The topological polar surface area (TPSA) is 46.6 Å². The van der Waals surface area contributed by atoms with Crippen molar-refractivity contribution < 1.29 is 14.3 Å². The van der Waals surface area contributed by atoms with Crippen LogP contribution in [0.5, 0.6) is 0 Å². The Morgan fingerprint density at radius 3 is 2.65 bits per heavy atom. The molecule has 0 unspecified atom stereocenters. The van der Waals surface area contributed by atoms with Crippen LogP contribution in [0.15, 0.2) is 54.6 Å². The van der Waals surface area contributed by atoms with E-state index in [1.807, 2.05) is 61.5 Å². The van der Waals surface area contributed by atoms with Gasteiger partial charge < -0.3 is 9.64 Å². The Labute approximate surface area is 157 Å². The van der Waals surface area contributed by atoms with Crippen molar-refractivity contribution in [3.05, 3.63) is 71.3 Å². The third-order valence-electron chi connectivity index (χ3n) is 5.13. The molecule has 2 aliphatic rings. The van der Waals surface area contributed by atoms with Gasteiger partial charge in [-0.25, -0.2) is 4.79 Å². The van der Waals surface area contributed by atoms with Crippen LogP contribution in [0.3, 0.4) is 0 Å². The van der Waals surface area contributed by atoms with Crippen LogP contribution in [-0.4, -0.2) is 28.6 Å². The standard InChI is InChI=1S/C21H21NO3S/c1-15-7-9-16(10-8-15)13-25-20(24)18-14-26-21(12-11-19(23)22(18)21)17-5-3-2-4-6-17/h2-10,18H,11-14H2,1H3/t18-,21+/m1/s1. The van der Waals surface area contributed by atoms with Crippen LogP contribution < -0.4 is 0 Å². The minimum atomic E-state index is -0.513. The predicted molar refractivity (Wildman–Crippen MR) is 101 cm³/mol. The molecule has 26 heavy (non-hydrogen) atoms. The van der Waals surface area contributed by atoms with E-state index in [1.54, 1.807) is 16.7 Å². The molecule has 5 heteroatoms. The zero-order chi connectivity index (χ0) is 18.1. The summed E-state index contributed by atoms with van der Waals surface area (Å²) in [7, 11) is 0. The van der Waals surface area contributed by atoms with Crippen molar-refractivity contribution >= 4 is 23.6 Å². The molecule has 2 aromatic rings. The lowest BCUT2D eigenvalue weighted by atomic mass is 10.0. The molecule has 0 radical (unpaired) electrons. The van der Waals surface area contributed by atoms with Crippen LogP contribution in [0.25, 0.3) is 0 Å². The minimum absolute atomic E-state index is 0.0381. The van der Waals surface area contributed by atoms with Gasteiger partial charge in [-0.1, -0.05) is 60.2 Å². The van der Waals surface area contributed by atoms with Crippen LogP contribution in [0.2, 0.25) is 0 Å². The van der Waals surface area contributed by atoms with Gasteiger partial charge in [0.1, 0.15) is 17.5 Å². The van der Waals surface area contributed by atoms with Gasteiger partial charge in [0.15, 0.2) is 0 Å². The second-order valence-corrected chi connectivity index (χ2v) is 8.13. The molecule has 0 N–H and O–H groups in total. The Morgan fingerprint density at radius 1 is 1.19 bits per heavy atom. The summed E-state index contributed by atoms with van der Waals surface area (Å²) in [5, 5.41) is 0. The van der Waals surface area contributed by atoms with E-state index in [9.17, 15) is 9.59 Å². The molecule has 0 spiro atoms. The number of thioether (sulfide) groups is 1. The quantitative estimate of drug-likeness (QED) is 0.774. The van der Waals surface area contributed by atoms with E-state index in [-0.39, 0.29) is 18.5 Å². The molecule has 2 aromatic carbocycles. The van der Waals surface area contributed by atoms with Gasteiger partial charge in [-0.3, -0.25) is 4.79 Å². The monoisotopic (exact) mass is 367 g/mol. The van der Waals surface area contributed by atoms with Crippen LogP contribution in [0.4, 0.5) is 0 Å². The van der Waals surface area contributed by atoms with Crippen molar-refractivity contribution in [1.82, 2.24) is 4.90 Å². The zero-order valence-corrected chi connectivity index (χ0v) is 15.5. The number of hydrogen-bond donors (Lipinski definition) is 0. The smallest absolute Gasteiger partial charge is 0.330 e. The molecule has 134 valence electrons. The number of aryl methyl sites for hydroxylation is 1. The van der Waals surface area contributed by atoms with Crippen LogP contribution >= 0.6 is 11.8 Å². The summed E-state index contributed by atoms with van der Waals surface area (Å²) in [6, 6.07) is 17.4. The fourth-order valence-electron chi connectivity index (χ4n) is 3.75. The highest BCUT2D eigenvalue weighted by Gasteiger charge is 2.57. The molecule has 0 aromatic heterocycles. The van der Waals surface area contributed by atoms with Gasteiger partial charge in [0.05, 0.1) is 0 Å². The summed E-state index contributed by atoms with van der Waals surface area (Å²) in [6.07, 6.45) is 1.21. The molecule has 2 fully saturated rings. The number of rotatable bonds is 4. The van der Waals surface area contributed by atoms with Crippen LogP contribution in [-0.2, 0) is 25.8 Å². The summed E-state index contributed by atoms with van der Waals surface area (Å²) in [5.41, 5.74) is 3.21. The molecule has 2 atom stereocenters. The molecule has 4 rings (SSSR count). The number of benzene rings is 2. The highest BCUT2D eigenvalue weighted by atomic mass is 32.2. The molecule has 4 nitrogen and oxygen atoms in total. The van der Waals surface area contributed by atoms with Crippen molar-refractivity contribution in [3.8, 4) is 0 Å². The number of hydrogen-bond acceptors (Lipinski definition) is 4. The summed E-state index contributed by atoms with van der Waals surface area (Å²) in [5.74, 6) is 0.301. The van der Waals surface area contributed by atoms with Gasteiger partial charge in [-0.2, -0.15) is 0 Å². The third kappa shape index (κ3) is 2.90. The predicted octanol–water partition coefficient (Wildman–Crippen LogP) is 3.63. The van der Waals surface area contributed by atoms with Gasteiger partial charge in [0.2, 0.25) is 5.91 Å². The number of amides is 1. The maximum atomic E-state index is 12.7. The zero-order valence-electron chi connectivity index (χ0n) is 14.7. The summed E-state index contributed by atoms with van der Waals surface area (Å²) in [6.45, 7) is 2.26. The van der Waals surface area contributed by atoms with Crippen LogP contribution in [0.1, 0.15) is 29.5 Å². The van der Waals surface area contributed by atoms with E-state index >= 15 is 0 Å². The van der Waals surface area contributed by atoms with Crippen molar-refractivity contribution in [2.45, 2.75) is 37.3 Å². The normalized spacial score (nSPS) is 24.6. The lowest BCUT2D eigenvalue weighted by Crippen LogP contribution is -2.46. The number of carbonyl (C=O) groups is 2. The lowest BCUT2D eigenvalue weighted by molar-refractivity contribution is -0.155. The fourth-order valence-corrected chi connectivity index (χ4v) is 5.39. The highest BCUT2D eigenvalue weighted by molar-refractivity contribution is 8.00. The Hall–Kier alpha value is -2.27. The first kappa shape index (κ1) is 17.2. The maximum absolute atomic E-state index is 12.7. The first-order valence-corrected chi connectivity index (χ1v) is 9.82. The highest BCUT2D eigenvalue weighted by Crippen LogP contribution is 2.54. The number of fused-ring (bicyclic) bond motifs is 1. The molecule has 2 saturated heterocycles. The first-order valence-electron chi connectivity index (χ1n) is 8.84. The Bertz CT molecular complexity index is 821. The van der Waals surface area contributed by atoms with Crippen LogP contribution in [0, 0.1) is 6.92 Å². The van der Waals surface area contributed by atoms with E-state index in [0.29, 0.717) is 12.2 Å². The second-order valence-electron chi connectivity index (χ2n) is 6.83. The fraction of sp³-hybridized carbons (Fsp3) is 0.333. The van der Waals surface area contributed by atoms with Crippen molar-refractivity contribution in [2.24, 2.45) is 0 Å². The summed E-state index contributed by atoms with van der Waals surface area (Å²) in [4.78, 5) is 26.6. The maximum Gasteiger partial charge on any atom is 0.330 e. The van der Waals surface area contributed by atoms with E-state index in [0.717, 1.165) is 17.5 Å². The van der Waals surface area contributed by atoms with Crippen molar-refractivity contribution in [2.75, 3.05) is 5.75 Å². The molecule has 1 amide bonds. The van der Waals surface area contributed by atoms with Crippen molar-refractivity contribution in [3.63, 3.8) is 0 Å². The average Bonchev–Trinajstić information content (AvgIpc) is 3.21. The van der Waals surface area contributed by atoms with Gasteiger partial charge >= 0.3 is 5.97 Å². The van der Waals surface area contributed by atoms with E-state index in [4.69, 9.17) is 4.74 Å². The first-order chi connectivity index (χ1) is 12.6. The Kier molecular flexibility index (Phi) is 4.49. The summed E-state index contributed by atoms with van der Waals surface area (Å²) >= 11 is 1.68. The van der Waals surface area contributed by atoms with E-state index < -0.39 is 10.9 Å². The van der Waals surface area contributed by atoms with Gasteiger partial charge in [-0.15, -0.1) is 11.8 Å². The Morgan fingerprint density at radius 2 is 1.92 bits per heavy atom. The molecule has 2 aliphatic heterocycles. The third-order valence-corrected chi connectivity index (χ3v) is 6.72. The summed E-state index contributed by atoms with van der Waals surface area (Å²) < 4.78 is 5.54. The molecular formula is C21H21NO3S. The lowest BCUT2D eigenvalue weighted by Gasteiger charge is -2.33. The molecule has 0 aliphatic carbocycles. The largest absolute Gasteiger partial charge is 0.459 e. The molecule has 0 bridgehead atoms. The number of carbonyl (C=O) groups excluding carboxylic acids is 2. The second kappa shape index (κ2) is 6.80. The van der Waals surface area contributed by atoms with Gasteiger partial charge in [0.25, 0.3) is 0 Å².